The van der Waals surface area contributed by atoms with E-state index in [-0.39, 0.29) is 23.2 Å². The van der Waals surface area contributed by atoms with E-state index in [1.54, 1.807) is 12.1 Å². The highest BCUT2D eigenvalue weighted by Gasteiger charge is 2.12. The van der Waals surface area contributed by atoms with E-state index in [4.69, 9.17) is 0 Å². The summed E-state index contributed by atoms with van der Waals surface area (Å²) in [5, 5.41) is 5.29. The van der Waals surface area contributed by atoms with Crippen molar-refractivity contribution in [3.63, 3.8) is 0 Å². The third-order valence-electron chi connectivity index (χ3n) is 3.58. The van der Waals surface area contributed by atoms with Crippen LogP contribution in [0, 0.1) is 12.7 Å². The molecule has 1 aromatic heterocycles. The summed E-state index contributed by atoms with van der Waals surface area (Å²) in [7, 11) is -1.35. The molecule has 7 heteroatoms. The number of thiazole rings is 1. The van der Waals surface area contributed by atoms with Crippen molar-refractivity contribution in [3.05, 3.63) is 71.0 Å². The number of halogens is 1. The van der Waals surface area contributed by atoms with Gasteiger partial charge < -0.3 is 5.32 Å². The van der Waals surface area contributed by atoms with Crippen LogP contribution >= 0.6 is 11.3 Å². The summed E-state index contributed by atoms with van der Waals surface area (Å²) in [6, 6.07) is 13.5. The van der Waals surface area contributed by atoms with Gasteiger partial charge in [-0.25, -0.2) is 9.37 Å². The van der Waals surface area contributed by atoms with Crippen LogP contribution in [0.4, 0.5) is 10.1 Å². The minimum Gasteiger partial charge on any atom is -0.325 e. The first-order valence-electron chi connectivity index (χ1n) is 7.91. The highest BCUT2D eigenvalue weighted by molar-refractivity contribution is 7.84. The number of benzene rings is 2. The number of nitrogens with zero attached hydrogens (tertiary/aromatic N) is 1. The Morgan fingerprint density at radius 2 is 1.85 bits per heavy atom. The molecular weight excluding hydrogens is 371 g/mol. The van der Waals surface area contributed by atoms with Crippen LogP contribution in [0.1, 0.15) is 11.3 Å². The molecule has 0 aliphatic rings. The van der Waals surface area contributed by atoms with Crippen LogP contribution in [0.25, 0.3) is 10.6 Å². The molecule has 1 atom stereocenters. The molecular formula is C19H17FN2O2S2. The fourth-order valence-corrected chi connectivity index (χ4v) is 4.17. The quantitative estimate of drug-likeness (QED) is 0.690. The lowest BCUT2D eigenvalue weighted by molar-refractivity contribution is -0.113. The Labute approximate surface area is 157 Å². The van der Waals surface area contributed by atoms with Gasteiger partial charge in [-0.3, -0.25) is 9.00 Å². The molecule has 1 heterocycles. The van der Waals surface area contributed by atoms with Gasteiger partial charge in [0, 0.05) is 27.4 Å². The fraction of sp³-hybridized carbons (Fsp3) is 0.158. The maximum Gasteiger partial charge on any atom is 0.237 e. The molecule has 26 heavy (non-hydrogen) atoms. The minimum absolute atomic E-state index is 0.0860. The molecule has 0 saturated heterocycles. The molecule has 134 valence electrons. The molecule has 1 N–H and O–H groups in total. The van der Waals surface area contributed by atoms with E-state index in [9.17, 15) is 13.4 Å². The molecule has 0 bridgehead atoms. The summed E-state index contributed by atoms with van der Waals surface area (Å²) in [5.74, 6) is -0.469. The van der Waals surface area contributed by atoms with Crippen molar-refractivity contribution in [2.24, 2.45) is 0 Å². The van der Waals surface area contributed by atoms with Crippen molar-refractivity contribution < 1.29 is 13.4 Å². The molecule has 0 saturated carbocycles. The van der Waals surface area contributed by atoms with Gasteiger partial charge in [0.05, 0.1) is 11.4 Å². The van der Waals surface area contributed by atoms with Crippen molar-refractivity contribution in [3.8, 4) is 10.6 Å². The average molecular weight is 388 g/mol. The molecule has 1 amide bonds. The zero-order valence-electron chi connectivity index (χ0n) is 14.1. The van der Waals surface area contributed by atoms with Gasteiger partial charge in [0.1, 0.15) is 16.6 Å². The number of anilines is 1. The molecule has 0 aliphatic carbocycles. The Hall–Kier alpha value is -2.38. The van der Waals surface area contributed by atoms with Crippen LogP contribution < -0.4 is 5.32 Å². The summed E-state index contributed by atoms with van der Waals surface area (Å²) < 4.78 is 25.2. The topological polar surface area (TPSA) is 59.1 Å². The van der Waals surface area contributed by atoms with Crippen molar-refractivity contribution in [1.82, 2.24) is 4.98 Å². The lowest BCUT2D eigenvalue weighted by atomic mass is 10.2. The second kappa shape index (κ2) is 8.33. The van der Waals surface area contributed by atoms with Gasteiger partial charge >= 0.3 is 0 Å². The van der Waals surface area contributed by atoms with Gasteiger partial charge in [0.2, 0.25) is 5.91 Å². The van der Waals surface area contributed by atoms with Crippen LogP contribution in [0.5, 0.6) is 0 Å². The molecule has 0 spiro atoms. The second-order valence-corrected chi connectivity index (χ2v) is 8.11. The third kappa shape index (κ3) is 5.06. The first-order valence-corrected chi connectivity index (χ1v) is 10.3. The number of aromatic nitrogens is 1. The van der Waals surface area contributed by atoms with Crippen molar-refractivity contribution in [2.45, 2.75) is 12.7 Å². The fourth-order valence-electron chi connectivity index (χ4n) is 2.29. The summed E-state index contributed by atoms with van der Waals surface area (Å²) in [6.45, 7) is 1.97. The van der Waals surface area contributed by atoms with Gasteiger partial charge in [-0.1, -0.05) is 17.7 Å². The van der Waals surface area contributed by atoms with E-state index in [2.05, 4.69) is 10.3 Å². The number of rotatable bonds is 6. The van der Waals surface area contributed by atoms with E-state index in [0.717, 1.165) is 16.1 Å². The number of carbonyl (C=O) groups excluding carboxylic acids is 1. The highest BCUT2D eigenvalue weighted by Crippen LogP contribution is 2.24. The van der Waals surface area contributed by atoms with E-state index in [0.29, 0.717) is 11.4 Å². The summed E-state index contributed by atoms with van der Waals surface area (Å²) >= 11 is 1.40. The Bertz CT molecular complexity index is 921. The predicted molar refractivity (Wildman–Crippen MR) is 104 cm³/mol. The van der Waals surface area contributed by atoms with Gasteiger partial charge in [0.25, 0.3) is 0 Å². The normalized spacial score (nSPS) is 11.9. The number of carbonyl (C=O) groups is 1. The summed E-state index contributed by atoms with van der Waals surface area (Å²) in [6.07, 6.45) is 0. The highest BCUT2D eigenvalue weighted by atomic mass is 32.2. The monoisotopic (exact) mass is 388 g/mol. The predicted octanol–water partition coefficient (Wildman–Crippen LogP) is 4.15. The van der Waals surface area contributed by atoms with Crippen LogP contribution in [-0.4, -0.2) is 20.9 Å². The molecule has 0 radical (unpaired) electrons. The molecule has 0 aliphatic heterocycles. The number of amides is 1. The zero-order valence-corrected chi connectivity index (χ0v) is 15.7. The van der Waals surface area contributed by atoms with Gasteiger partial charge in [0.15, 0.2) is 0 Å². The Morgan fingerprint density at radius 3 is 2.54 bits per heavy atom. The summed E-state index contributed by atoms with van der Waals surface area (Å²) in [4.78, 5) is 16.4. The molecule has 3 rings (SSSR count). The van der Waals surface area contributed by atoms with Crippen molar-refractivity contribution >= 4 is 33.7 Å². The lowest BCUT2D eigenvalue weighted by Gasteiger charge is -2.05. The lowest BCUT2D eigenvalue weighted by Crippen LogP contribution is -2.20. The van der Waals surface area contributed by atoms with Gasteiger partial charge in [-0.15, -0.1) is 11.3 Å². The van der Waals surface area contributed by atoms with E-state index >= 15 is 0 Å². The molecule has 1 unspecified atom stereocenters. The number of nitrogens with one attached hydrogen (secondary N) is 1. The van der Waals surface area contributed by atoms with E-state index in [1.807, 2.05) is 36.6 Å². The minimum atomic E-state index is -1.35. The molecule has 4 nitrogen and oxygen atoms in total. The number of hydrogen-bond donors (Lipinski definition) is 1. The molecule has 3 aromatic rings. The average Bonchev–Trinajstić information content (AvgIpc) is 3.05. The molecule has 0 fully saturated rings. The SMILES string of the molecule is Cc1ccc(NC(=O)CS(=O)Cc2csc(-c3ccc(F)cc3)n2)cc1. The number of aryl methyl sites for hydroxylation is 1. The van der Waals surface area contributed by atoms with Crippen LogP contribution in [0.2, 0.25) is 0 Å². The van der Waals surface area contributed by atoms with Gasteiger partial charge in [-0.2, -0.15) is 0 Å². The van der Waals surface area contributed by atoms with Crippen LogP contribution in [0.3, 0.4) is 0 Å². The smallest absolute Gasteiger partial charge is 0.237 e. The first kappa shape index (κ1) is 18.4. The Kier molecular flexibility index (Phi) is 5.90. The van der Waals surface area contributed by atoms with Crippen LogP contribution in [0.15, 0.2) is 53.9 Å². The molecule has 2 aromatic carbocycles. The first-order chi connectivity index (χ1) is 12.5. The Balaban J connectivity index is 1.55. The largest absolute Gasteiger partial charge is 0.325 e. The number of hydrogen-bond acceptors (Lipinski definition) is 4. The maximum absolute atomic E-state index is 13.0. The van der Waals surface area contributed by atoms with Crippen molar-refractivity contribution in [2.75, 3.05) is 11.1 Å². The van der Waals surface area contributed by atoms with Crippen molar-refractivity contribution in [1.29, 1.82) is 0 Å². The van der Waals surface area contributed by atoms with E-state index in [1.165, 1.54) is 23.5 Å². The van der Waals surface area contributed by atoms with E-state index < -0.39 is 10.8 Å². The van der Waals surface area contributed by atoms with Crippen LogP contribution in [-0.2, 0) is 21.3 Å². The third-order valence-corrected chi connectivity index (χ3v) is 5.72. The zero-order chi connectivity index (χ0) is 18.5. The maximum atomic E-state index is 13.0. The Morgan fingerprint density at radius 1 is 1.15 bits per heavy atom. The summed E-state index contributed by atoms with van der Waals surface area (Å²) in [5.41, 5.74) is 3.26. The standard InChI is InChI=1S/C19H17FN2O2S2/c1-13-2-8-16(9-3-13)21-18(23)12-26(24)11-17-10-25-19(22-17)14-4-6-15(20)7-5-14/h2-10H,11-12H2,1H3,(H,21,23). The second-order valence-electron chi connectivity index (χ2n) is 5.79. The van der Waals surface area contributed by atoms with Gasteiger partial charge in [-0.05, 0) is 43.3 Å².